The number of benzene rings is 1. The van der Waals surface area contributed by atoms with Crippen LogP contribution in [0.4, 0.5) is 0 Å². The van der Waals surface area contributed by atoms with Crippen LogP contribution in [0.15, 0.2) is 43.0 Å². The Labute approximate surface area is 91.8 Å². The average molecular weight is 202 g/mol. The van der Waals surface area contributed by atoms with E-state index in [9.17, 15) is 0 Å². The standard InChI is InChI=1S/C14H18O/c1-2-13-10-11-15-14(13)9-8-12-6-4-3-5-7-12/h2-7,13-14H,1,8-11H2/t13-,14+/m0/s1. The van der Waals surface area contributed by atoms with Gasteiger partial charge in [0.2, 0.25) is 0 Å². The molecule has 1 nitrogen and oxygen atoms in total. The van der Waals surface area contributed by atoms with E-state index in [1.807, 2.05) is 6.08 Å². The lowest BCUT2D eigenvalue weighted by atomic mass is 9.96. The second-order valence-electron chi connectivity index (χ2n) is 4.12. The topological polar surface area (TPSA) is 9.23 Å². The number of hydrogen-bond donors (Lipinski definition) is 0. The summed E-state index contributed by atoms with van der Waals surface area (Å²) in [5.74, 6) is 0.564. The van der Waals surface area contributed by atoms with Crippen molar-refractivity contribution in [3.05, 3.63) is 48.6 Å². The fourth-order valence-electron chi connectivity index (χ4n) is 2.19. The molecule has 80 valence electrons. The molecule has 0 aliphatic carbocycles. The molecule has 0 N–H and O–H groups in total. The highest BCUT2D eigenvalue weighted by atomic mass is 16.5. The van der Waals surface area contributed by atoms with Crippen molar-refractivity contribution in [1.29, 1.82) is 0 Å². The van der Waals surface area contributed by atoms with Gasteiger partial charge < -0.3 is 4.74 Å². The van der Waals surface area contributed by atoms with Gasteiger partial charge in [-0.3, -0.25) is 0 Å². The van der Waals surface area contributed by atoms with Crippen molar-refractivity contribution in [3.8, 4) is 0 Å². The van der Waals surface area contributed by atoms with Crippen molar-refractivity contribution >= 4 is 0 Å². The Balaban J connectivity index is 1.85. The molecule has 1 heterocycles. The maximum Gasteiger partial charge on any atom is 0.0641 e. The molecule has 0 saturated carbocycles. The minimum Gasteiger partial charge on any atom is -0.378 e. The second kappa shape index (κ2) is 5.13. The van der Waals surface area contributed by atoms with Gasteiger partial charge in [0.05, 0.1) is 6.10 Å². The summed E-state index contributed by atoms with van der Waals surface area (Å²) in [6, 6.07) is 10.6. The zero-order valence-electron chi connectivity index (χ0n) is 9.06. The van der Waals surface area contributed by atoms with Crippen molar-refractivity contribution in [2.24, 2.45) is 5.92 Å². The van der Waals surface area contributed by atoms with E-state index in [0.717, 1.165) is 25.9 Å². The molecule has 15 heavy (non-hydrogen) atoms. The van der Waals surface area contributed by atoms with Crippen LogP contribution in [0.3, 0.4) is 0 Å². The Hall–Kier alpha value is -1.08. The molecule has 1 fully saturated rings. The Morgan fingerprint density at radius 2 is 2.13 bits per heavy atom. The molecule has 2 rings (SSSR count). The molecule has 1 aromatic rings. The summed E-state index contributed by atoms with van der Waals surface area (Å²) in [6.07, 6.45) is 5.80. The van der Waals surface area contributed by atoms with Crippen LogP contribution in [0.2, 0.25) is 0 Å². The van der Waals surface area contributed by atoms with Gasteiger partial charge >= 0.3 is 0 Å². The predicted octanol–water partition coefficient (Wildman–Crippen LogP) is 3.21. The molecular formula is C14H18O. The second-order valence-corrected chi connectivity index (χ2v) is 4.12. The first-order valence-electron chi connectivity index (χ1n) is 5.68. The Bertz CT molecular complexity index is 304. The van der Waals surface area contributed by atoms with Crippen LogP contribution in [-0.2, 0) is 11.2 Å². The molecule has 1 heteroatoms. The van der Waals surface area contributed by atoms with Crippen molar-refractivity contribution in [2.75, 3.05) is 6.61 Å². The summed E-state index contributed by atoms with van der Waals surface area (Å²) in [4.78, 5) is 0. The molecule has 1 aliphatic heterocycles. The average Bonchev–Trinajstić information content (AvgIpc) is 2.75. The molecular weight excluding hydrogens is 184 g/mol. The highest BCUT2D eigenvalue weighted by Gasteiger charge is 2.24. The van der Waals surface area contributed by atoms with E-state index in [1.54, 1.807) is 0 Å². The zero-order valence-corrected chi connectivity index (χ0v) is 9.06. The number of rotatable bonds is 4. The summed E-state index contributed by atoms with van der Waals surface area (Å²) in [5.41, 5.74) is 1.40. The smallest absolute Gasteiger partial charge is 0.0641 e. The van der Waals surface area contributed by atoms with Crippen LogP contribution in [0.5, 0.6) is 0 Å². The quantitative estimate of drug-likeness (QED) is 0.681. The summed E-state index contributed by atoms with van der Waals surface area (Å²) < 4.78 is 5.71. The Kier molecular flexibility index (Phi) is 3.57. The van der Waals surface area contributed by atoms with Gasteiger partial charge in [0.1, 0.15) is 0 Å². The van der Waals surface area contributed by atoms with Crippen LogP contribution < -0.4 is 0 Å². The van der Waals surface area contributed by atoms with Crippen molar-refractivity contribution in [1.82, 2.24) is 0 Å². The Morgan fingerprint density at radius 1 is 1.33 bits per heavy atom. The summed E-state index contributed by atoms with van der Waals surface area (Å²) in [7, 11) is 0. The number of aryl methyl sites for hydroxylation is 1. The summed E-state index contributed by atoms with van der Waals surface area (Å²) >= 11 is 0. The van der Waals surface area contributed by atoms with E-state index in [-0.39, 0.29) is 0 Å². The third kappa shape index (κ3) is 2.69. The largest absolute Gasteiger partial charge is 0.378 e. The molecule has 0 bridgehead atoms. The Morgan fingerprint density at radius 3 is 2.87 bits per heavy atom. The molecule has 0 unspecified atom stereocenters. The van der Waals surface area contributed by atoms with Crippen LogP contribution >= 0.6 is 0 Å². The first-order valence-corrected chi connectivity index (χ1v) is 5.68. The van der Waals surface area contributed by atoms with Crippen molar-refractivity contribution in [2.45, 2.75) is 25.4 Å². The molecule has 0 amide bonds. The van der Waals surface area contributed by atoms with E-state index >= 15 is 0 Å². The summed E-state index contributed by atoms with van der Waals surface area (Å²) in [5, 5.41) is 0. The first kappa shape index (κ1) is 10.4. The molecule has 1 aromatic carbocycles. The highest BCUT2D eigenvalue weighted by Crippen LogP contribution is 2.25. The minimum atomic E-state index is 0.391. The lowest BCUT2D eigenvalue weighted by molar-refractivity contribution is 0.0923. The van der Waals surface area contributed by atoms with Gasteiger partial charge in [-0.2, -0.15) is 0 Å². The van der Waals surface area contributed by atoms with Crippen LogP contribution in [0.25, 0.3) is 0 Å². The molecule has 1 saturated heterocycles. The normalized spacial score (nSPS) is 25.3. The van der Waals surface area contributed by atoms with Gasteiger partial charge in [-0.15, -0.1) is 6.58 Å². The van der Waals surface area contributed by atoms with E-state index < -0.39 is 0 Å². The van der Waals surface area contributed by atoms with Gasteiger partial charge in [0.15, 0.2) is 0 Å². The maximum absolute atomic E-state index is 5.71. The van der Waals surface area contributed by atoms with Crippen molar-refractivity contribution in [3.63, 3.8) is 0 Å². The zero-order chi connectivity index (χ0) is 10.5. The predicted molar refractivity (Wildman–Crippen MR) is 62.8 cm³/mol. The molecule has 0 radical (unpaired) electrons. The number of hydrogen-bond acceptors (Lipinski definition) is 1. The van der Waals surface area contributed by atoms with E-state index in [1.165, 1.54) is 5.56 Å². The molecule has 1 aliphatic rings. The van der Waals surface area contributed by atoms with E-state index in [0.29, 0.717) is 12.0 Å². The summed E-state index contributed by atoms with van der Waals surface area (Å²) in [6.45, 7) is 4.77. The van der Waals surface area contributed by atoms with Crippen molar-refractivity contribution < 1.29 is 4.74 Å². The van der Waals surface area contributed by atoms with E-state index in [2.05, 4.69) is 36.9 Å². The van der Waals surface area contributed by atoms with Gasteiger partial charge in [-0.1, -0.05) is 36.4 Å². The lowest BCUT2D eigenvalue weighted by Crippen LogP contribution is -2.14. The fraction of sp³-hybridized carbons (Fsp3) is 0.429. The van der Waals surface area contributed by atoms with E-state index in [4.69, 9.17) is 4.74 Å². The molecule has 0 spiro atoms. The van der Waals surface area contributed by atoms with Crippen LogP contribution in [-0.4, -0.2) is 12.7 Å². The third-order valence-corrected chi connectivity index (χ3v) is 3.12. The van der Waals surface area contributed by atoms with Gasteiger partial charge in [0, 0.05) is 12.5 Å². The van der Waals surface area contributed by atoms with Gasteiger partial charge in [-0.25, -0.2) is 0 Å². The highest BCUT2D eigenvalue weighted by molar-refractivity contribution is 5.14. The molecule has 2 atom stereocenters. The van der Waals surface area contributed by atoms with Gasteiger partial charge in [0.25, 0.3) is 0 Å². The lowest BCUT2D eigenvalue weighted by Gasteiger charge is -2.14. The minimum absolute atomic E-state index is 0.391. The van der Waals surface area contributed by atoms with Crippen LogP contribution in [0, 0.1) is 5.92 Å². The fourth-order valence-corrected chi connectivity index (χ4v) is 2.19. The monoisotopic (exact) mass is 202 g/mol. The SMILES string of the molecule is C=C[C@H]1CCO[C@@H]1CCc1ccccc1. The molecule has 0 aromatic heterocycles. The number of ether oxygens (including phenoxy) is 1. The third-order valence-electron chi connectivity index (χ3n) is 3.12. The maximum atomic E-state index is 5.71. The van der Waals surface area contributed by atoms with Crippen LogP contribution in [0.1, 0.15) is 18.4 Å². The first-order chi connectivity index (χ1) is 7.40. The van der Waals surface area contributed by atoms with Gasteiger partial charge in [-0.05, 0) is 24.8 Å².